The second kappa shape index (κ2) is 6.85. The highest BCUT2D eigenvalue weighted by atomic mass is 32.1. The van der Waals surface area contributed by atoms with Crippen LogP contribution in [0.1, 0.15) is 6.92 Å². The number of esters is 1. The predicted molar refractivity (Wildman–Crippen MR) is 43.5 cm³/mol. The molecule has 0 aromatic heterocycles. The fourth-order valence-electron chi connectivity index (χ4n) is 0.324. The molecule has 0 aliphatic heterocycles. The summed E-state index contributed by atoms with van der Waals surface area (Å²) in [7, 11) is 0. The third-order valence-electron chi connectivity index (χ3n) is 0.786. The fraction of sp³-hybridized carbons (Fsp3) is 0.800. The lowest BCUT2D eigenvalue weighted by atomic mass is 10.4. The van der Waals surface area contributed by atoms with Gasteiger partial charge in [0, 0.05) is 5.75 Å². The van der Waals surface area contributed by atoms with E-state index in [9.17, 15) is 4.79 Å². The van der Waals surface area contributed by atoms with E-state index in [1.807, 2.05) is 0 Å². The van der Waals surface area contributed by atoms with Crippen LogP contribution in [0.2, 0.25) is 0 Å². The van der Waals surface area contributed by atoms with Gasteiger partial charge in [-0.25, -0.2) is 0 Å². The smallest absolute Gasteiger partial charge is 0.323 e. The van der Waals surface area contributed by atoms with Gasteiger partial charge in [-0.2, -0.15) is 12.6 Å². The van der Waals surface area contributed by atoms with Gasteiger partial charge in [-0.05, 0) is 6.92 Å². The van der Waals surface area contributed by atoms with E-state index in [4.69, 9.17) is 5.73 Å². The first-order valence-electron chi connectivity index (χ1n) is 2.75. The Kier molecular flexibility index (Phi) is 8.51. The van der Waals surface area contributed by atoms with Crippen molar-refractivity contribution in [3.8, 4) is 0 Å². The molecule has 0 saturated heterocycles. The molecule has 0 saturated carbocycles. The number of nitrogens with two attached hydrogens (primary N) is 1. The summed E-state index contributed by atoms with van der Waals surface area (Å²) in [5.74, 6) is -0.0498. The van der Waals surface area contributed by atoms with Gasteiger partial charge in [-0.15, -0.1) is 0 Å². The highest BCUT2D eigenvalue weighted by molar-refractivity contribution is 7.80. The van der Waals surface area contributed by atoms with Crippen molar-refractivity contribution in [2.24, 2.45) is 5.73 Å². The second-order valence-electron chi connectivity index (χ2n) is 1.54. The molecule has 62 valence electrons. The number of carbonyl (C=O) groups excluding carboxylic acids is 1. The van der Waals surface area contributed by atoms with Gasteiger partial charge in [0.25, 0.3) is 0 Å². The summed E-state index contributed by atoms with van der Waals surface area (Å²) in [6.45, 7) is 2.11. The molecule has 0 bridgehead atoms. The van der Waals surface area contributed by atoms with Crippen molar-refractivity contribution in [3.63, 3.8) is 0 Å². The van der Waals surface area contributed by atoms with Crippen molar-refractivity contribution in [2.75, 3.05) is 12.4 Å². The molecule has 0 aromatic rings. The van der Waals surface area contributed by atoms with Gasteiger partial charge in [0.2, 0.25) is 0 Å². The van der Waals surface area contributed by atoms with E-state index in [0.717, 1.165) is 0 Å². The maximum atomic E-state index is 10.6. The van der Waals surface area contributed by atoms with Crippen molar-refractivity contribution in [1.29, 1.82) is 0 Å². The zero-order valence-corrected chi connectivity index (χ0v) is 6.93. The van der Waals surface area contributed by atoms with Crippen LogP contribution in [0.3, 0.4) is 0 Å². The van der Waals surface area contributed by atoms with Crippen LogP contribution < -0.4 is 11.9 Å². The van der Waals surface area contributed by atoms with Crippen LogP contribution in [0, 0.1) is 0 Å². The van der Waals surface area contributed by atoms with Crippen LogP contribution in [0.5, 0.6) is 0 Å². The summed E-state index contributed by atoms with van der Waals surface area (Å²) in [6, 6.07) is -0.576. The number of ether oxygens (including phenoxy) is 1. The van der Waals surface area contributed by atoms with Crippen LogP contribution in [-0.2, 0) is 9.53 Å². The summed E-state index contributed by atoms with van der Waals surface area (Å²) in [6.07, 6.45) is 0. The zero-order chi connectivity index (χ0) is 7.28. The monoisotopic (exact) mass is 166 g/mol. The summed E-state index contributed by atoms with van der Waals surface area (Å²) in [5.41, 5.74) is 5.25. The Hall–Kier alpha value is -0.260. The molecule has 0 amide bonds. The Labute approximate surface area is 66.1 Å². The maximum Gasteiger partial charge on any atom is 0.323 e. The Morgan fingerprint density at radius 3 is 2.60 bits per heavy atom. The van der Waals surface area contributed by atoms with Crippen molar-refractivity contribution in [1.82, 2.24) is 6.15 Å². The molecular weight excluding hydrogens is 152 g/mol. The van der Waals surface area contributed by atoms with E-state index in [0.29, 0.717) is 12.4 Å². The zero-order valence-electron chi connectivity index (χ0n) is 6.04. The third-order valence-corrected chi connectivity index (χ3v) is 1.18. The first-order valence-corrected chi connectivity index (χ1v) is 3.38. The van der Waals surface area contributed by atoms with Crippen molar-refractivity contribution in [3.05, 3.63) is 0 Å². The van der Waals surface area contributed by atoms with E-state index in [-0.39, 0.29) is 12.1 Å². The minimum absolute atomic E-state index is 0. The van der Waals surface area contributed by atoms with Gasteiger partial charge < -0.3 is 16.6 Å². The summed E-state index contributed by atoms with van der Waals surface area (Å²) in [5, 5.41) is 0. The van der Waals surface area contributed by atoms with Crippen LogP contribution in [0.4, 0.5) is 0 Å². The molecular formula is C5H14N2O2S. The van der Waals surface area contributed by atoms with Crippen LogP contribution in [0.15, 0.2) is 0 Å². The van der Waals surface area contributed by atoms with Crippen molar-refractivity contribution in [2.45, 2.75) is 13.0 Å². The van der Waals surface area contributed by atoms with Crippen molar-refractivity contribution < 1.29 is 9.53 Å². The highest BCUT2D eigenvalue weighted by Gasteiger charge is 2.10. The molecule has 0 unspecified atom stereocenters. The molecule has 0 heterocycles. The molecule has 0 aliphatic carbocycles. The highest BCUT2D eigenvalue weighted by Crippen LogP contribution is 1.87. The molecule has 0 fully saturated rings. The first kappa shape index (κ1) is 12.4. The molecule has 0 aromatic carbocycles. The van der Waals surface area contributed by atoms with Crippen LogP contribution in [-0.4, -0.2) is 24.4 Å². The minimum atomic E-state index is -0.576. The minimum Gasteiger partial charge on any atom is -0.465 e. The van der Waals surface area contributed by atoms with E-state index >= 15 is 0 Å². The summed E-state index contributed by atoms with van der Waals surface area (Å²) >= 11 is 3.82. The van der Waals surface area contributed by atoms with Gasteiger partial charge >= 0.3 is 5.97 Å². The molecule has 0 aliphatic rings. The van der Waals surface area contributed by atoms with Gasteiger partial charge in [0.1, 0.15) is 6.04 Å². The lowest BCUT2D eigenvalue weighted by Crippen LogP contribution is -2.33. The Balaban J connectivity index is 0. The van der Waals surface area contributed by atoms with E-state index in [2.05, 4.69) is 17.4 Å². The maximum absolute atomic E-state index is 10.6. The molecule has 0 rings (SSSR count). The second-order valence-corrected chi connectivity index (χ2v) is 1.91. The first-order chi connectivity index (χ1) is 4.22. The standard InChI is InChI=1S/C5H11NO2S.H3N/c1-2-8-5(7)4(6)3-9;/h4,9H,2-3,6H2,1H3;1H3/t4-;/m0./s1. The molecule has 1 atom stereocenters. The summed E-state index contributed by atoms with van der Waals surface area (Å²) < 4.78 is 4.58. The molecule has 0 radical (unpaired) electrons. The fourth-order valence-corrected chi connectivity index (χ4v) is 0.473. The number of hydrogen-bond acceptors (Lipinski definition) is 5. The molecule has 5 N–H and O–H groups in total. The number of hydrogen-bond donors (Lipinski definition) is 3. The molecule has 5 heteroatoms. The lowest BCUT2D eigenvalue weighted by Gasteiger charge is -2.05. The van der Waals surface area contributed by atoms with Gasteiger partial charge in [-0.1, -0.05) is 0 Å². The van der Waals surface area contributed by atoms with Crippen molar-refractivity contribution >= 4 is 18.6 Å². The topological polar surface area (TPSA) is 87.3 Å². The van der Waals surface area contributed by atoms with E-state index in [1.54, 1.807) is 6.92 Å². The normalized spacial score (nSPS) is 11.5. The SMILES string of the molecule is CCOC(=O)[C@@H](N)CS.N. The van der Waals surface area contributed by atoms with Gasteiger partial charge in [0.15, 0.2) is 0 Å². The quantitative estimate of drug-likeness (QED) is 0.406. The average molecular weight is 166 g/mol. The lowest BCUT2D eigenvalue weighted by molar-refractivity contribution is -0.144. The third kappa shape index (κ3) is 4.60. The Morgan fingerprint density at radius 1 is 1.80 bits per heavy atom. The number of rotatable bonds is 3. The number of carbonyl (C=O) groups is 1. The number of thiol groups is 1. The Morgan fingerprint density at radius 2 is 2.30 bits per heavy atom. The molecule has 0 spiro atoms. The van der Waals surface area contributed by atoms with Crippen LogP contribution in [0.25, 0.3) is 0 Å². The predicted octanol–water partition coefficient (Wildman–Crippen LogP) is -0.0314. The largest absolute Gasteiger partial charge is 0.465 e. The average Bonchev–Trinajstić information content (AvgIpc) is 1.87. The van der Waals surface area contributed by atoms with Gasteiger partial charge in [-0.3, -0.25) is 4.79 Å². The Bertz CT molecular complexity index is 99.6. The van der Waals surface area contributed by atoms with Crippen LogP contribution >= 0.6 is 12.6 Å². The summed E-state index contributed by atoms with van der Waals surface area (Å²) in [4.78, 5) is 10.6. The molecule has 4 nitrogen and oxygen atoms in total. The molecule has 10 heavy (non-hydrogen) atoms. The van der Waals surface area contributed by atoms with E-state index < -0.39 is 6.04 Å². The van der Waals surface area contributed by atoms with Gasteiger partial charge in [0.05, 0.1) is 6.61 Å². The van der Waals surface area contributed by atoms with E-state index in [1.165, 1.54) is 0 Å².